The summed E-state index contributed by atoms with van der Waals surface area (Å²) in [6.45, 7) is 4.85. The number of fused-ring (bicyclic) bond motifs is 1. The van der Waals surface area contributed by atoms with Crippen molar-refractivity contribution in [3.8, 4) is 0 Å². The number of aromatic nitrogens is 2. The molecule has 3 rings (SSSR count). The minimum absolute atomic E-state index is 0.101. The highest BCUT2D eigenvalue weighted by Crippen LogP contribution is 2.34. The molecule has 0 radical (unpaired) electrons. The van der Waals surface area contributed by atoms with Crippen LogP contribution in [0.1, 0.15) is 33.4 Å². The third-order valence-electron chi connectivity index (χ3n) is 4.47. The van der Waals surface area contributed by atoms with Crippen LogP contribution in [0.2, 0.25) is 0 Å². The topological polar surface area (TPSA) is 115 Å². The first-order valence-electron chi connectivity index (χ1n) is 8.40. The lowest BCUT2D eigenvalue weighted by Gasteiger charge is -2.08. The summed E-state index contributed by atoms with van der Waals surface area (Å²) in [7, 11) is -3.98. The van der Waals surface area contributed by atoms with E-state index in [1.54, 1.807) is 0 Å². The molecule has 148 valence electrons. The van der Waals surface area contributed by atoms with Crippen LogP contribution in [0.15, 0.2) is 29.2 Å². The van der Waals surface area contributed by atoms with Crippen LogP contribution in [0, 0.1) is 13.8 Å². The smallest absolute Gasteiger partial charge is 0.263 e. The first-order valence-corrected chi connectivity index (χ1v) is 10.8. The highest BCUT2D eigenvalue weighted by atomic mass is 32.2. The van der Waals surface area contributed by atoms with Gasteiger partial charge >= 0.3 is 0 Å². The van der Waals surface area contributed by atoms with Crippen LogP contribution < -0.4 is 11.1 Å². The van der Waals surface area contributed by atoms with Crippen molar-refractivity contribution in [1.82, 2.24) is 15.5 Å². The van der Waals surface area contributed by atoms with Crippen LogP contribution in [0.5, 0.6) is 0 Å². The number of carbonyl (C=O) groups excluding carboxylic acids is 1. The van der Waals surface area contributed by atoms with Gasteiger partial charge in [-0.1, -0.05) is 12.1 Å². The molecule has 7 nitrogen and oxygen atoms in total. The van der Waals surface area contributed by atoms with Crippen LogP contribution in [-0.4, -0.2) is 30.0 Å². The number of alkyl halides is 1. The van der Waals surface area contributed by atoms with E-state index >= 15 is 0 Å². The molecule has 0 aliphatic heterocycles. The van der Waals surface area contributed by atoms with Gasteiger partial charge in [-0.25, -0.2) is 12.8 Å². The van der Waals surface area contributed by atoms with E-state index in [-0.39, 0.29) is 17.3 Å². The second-order valence-electron chi connectivity index (χ2n) is 6.35. The fraction of sp³-hybridized carbons (Fsp3) is 0.278. The molecule has 2 aromatic heterocycles. The van der Waals surface area contributed by atoms with Gasteiger partial charge in [0.25, 0.3) is 5.91 Å². The standard InChI is InChI=1S/C18H19FN4O3S2/c1-9-10(2)22-23-18-14(9)15(20)16(27-18)17(24)21-8-12-4-6-13(7-5-12)28(25,26)11(3)19/h4-7,11H,8,20H2,1-3H3,(H,21,24). The molecule has 3 N–H and O–H groups in total. The Balaban J connectivity index is 1.77. The molecular weight excluding hydrogens is 403 g/mol. The molecule has 0 saturated carbocycles. The van der Waals surface area contributed by atoms with E-state index in [0.717, 1.165) is 23.6 Å². The van der Waals surface area contributed by atoms with Gasteiger partial charge in [0, 0.05) is 11.9 Å². The maximum atomic E-state index is 13.2. The molecule has 0 bridgehead atoms. The van der Waals surface area contributed by atoms with E-state index in [1.165, 1.54) is 35.6 Å². The number of aryl methyl sites for hydroxylation is 2. The van der Waals surface area contributed by atoms with Gasteiger partial charge < -0.3 is 11.1 Å². The van der Waals surface area contributed by atoms with Gasteiger partial charge in [0.15, 0.2) is 0 Å². The van der Waals surface area contributed by atoms with Crippen molar-refractivity contribution in [2.24, 2.45) is 0 Å². The van der Waals surface area contributed by atoms with Gasteiger partial charge in [0.05, 0.1) is 16.3 Å². The van der Waals surface area contributed by atoms with E-state index in [1.807, 2.05) is 13.8 Å². The third kappa shape index (κ3) is 3.57. The number of hydrogen-bond acceptors (Lipinski definition) is 7. The maximum absolute atomic E-state index is 13.2. The number of amides is 1. The Bertz CT molecular complexity index is 1160. The Morgan fingerprint density at radius 3 is 2.50 bits per heavy atom. The van der Waals surface area contributed by atoms with Crippen LogP contribution in [0.25, 0.3) is 10.2 Å². The quantitative estimate of drug-likeness (QED) is 0.653. The maximum Gasteiger partial charge on any atom is 0.263 e. The van der Waals surface area contributed by atoms with Crippen LogP contribution in [-0.2, 0) is 16.4 Å². The fourth-order valence-corrected chi connectivity index (χ4v) is 4.56. The minimum atomic E-state index is -3.98. The molecule has 1 aromatic carbocycles. The summed E-state index contributed by atoms with van der Waals surface area (Å²) in [5.41, 5.74) is 6.85. The predicted molar refractivity (Wildman–Crippen MR) is 107 cm³/mol. The molecule has 2 heterocycles. The first-order chi connectivity index (χ1) is 13.1. The van der Waals surface area contributed by atoms with Crippen molar-refractivity contribution < 1.29 is 17.6 Å². The second kappa shape index (κ2) is 7.44. The number of nitrogens with two attached hydrogens (primary N) is 1. The van der Waals surface area contributed by atoms with E-state index in [2.05, 4.69) is 15.5 Å². The zero-order valence-electron chi connectivity index (χ0n) is 15.5. The Kier molecular flexibility index (Phi) is 5.35. The number of nitrogen functional groups attached to an aromatic ring is 1. The molecule has 1 amide bonds. The number of thiophene rings is 1. The lowest BCUT2D eigenvalue weighted by Crippen LogP contribution is -2.22. The van der Waals surface area contributed by atoms with Gasteiger partial charge in [-0.2, -0.15) is 5.10 Å². The summed E-state index contributed by atoms with van der Waals surface area (Å²) in [5, 5.41) is 11.6. The first kappa shape index (κ1) is 20.2. The average molecular weight is 423 g/mol. The van der Waals surface area contributed by atoms with Crippen LogP contribution >= 0.6 is 11.3 Å². The fourth-order valence-electron chi connectivity index (χ4n) is 2.66. The summed E-state index contributed by atoms with van der Waals surface area (Å²) < 4.78 is 36.8. The highest BCUT2D eigenvalue weighted by molar-refractivity contribution is 7.91. The Labute approximate surface area is 165 Å². The molecule has 1 unspecified atom stereocenters. The normalized spacial score (nSPS) is 12.9. The number of carbonyl (C=O) groups is 1. The van der Waals surface area contributed by atoms with Crippen molar-refractivity contribution >= 4 is 43.0 Å². The average Bonchev–Trinajstić information content (AvgIpc) is 3.00. The Hall–Kier alpha value is -2.59. The van der Waals surface area contributed by atoms with E-state index in [4.69, 9.17) is 5.73 Å². The van der Waals surface area contributed by atoms with Crippen molar-refractivity contribution in [1.29, 1.82) is 0 Å². The van der Waals surface area contributed by atoms with Gasteiger partial charge in [-0.05, 0) is 44.0 Å². The Morgan fingerprint density at radius 2 is 1.89 bits per heavy atom. The molecular formula is C18H19FN4O3S2. The minimum Gasteiger partial charge on any atom is -0.397 e. The monoisotopic (exact) mass is 422 g/mol. The number of rotatable bonds is 5. The zero-order chi connectivity index (χ0) is 20.6. The molecule has 0 spiro atoms. The molecule has 28 heavy (non-hydrogen) atoms. The van der Waals surface area contributed by atoms with Crippen LogP contribution in [0.4, 0.5) is 10.1 Å². The second-order valence-corrected chi connectivity index (χ2v) is 9.56. The van der Waals surface area contributed by atoms with E-state index in [0.29, 0.717) is 21.0 Å². The number of halogens is 1. The lowest BCUT2D eigenvalue weighted by atomic mass is 10.1. The van der Waals surface area contributed by atoms with Crippen molar-refractivity contribution in [3.05, 3.63) is 46.0 Å². The van der Waals surface area contributed by atoms with Crippen molar-refractivity contribution in [2.45, 2.75) is 37.7 Å². The van der Waals surface area contributed by atoms with E-state index in [9.17, 15) is 17.6 Å². The molecule has 1 atom stereocenters. The molecule has 0 aliphatic rings. The number of nitrogens with one attached hydrogen (secondary N) is 1. The van der Waals surface area contributed by atoms with Crippen molar-refractivity contribution in [2.75, 3.05) is 5.73 Å². The van der Waals surface area contributed by atoms with Gasteiger partial charge in [-0.3, -0.25) is 4.79 Å². The third-order valence-corrected chi connectivity index (χ3v) is 7.35. The van der Waals surface area contributed by atoms with Crippen LogP contribution in [0.3, 0.4) is 0 Å². The highest BCUT2D eigenvalue weighted by Gasteiger charge is 2.23. The van der Waals surface area contributed by atoms with Gasteiger partial charge in [0.2, 0.25) is 15.3 Å². The summed E-state index contributed by atoms with van der Waals surface area (Å²) in [6.07, 6.45) is 0. The lowest BCUT2D eigenvalue weighted by molar-refractivity contribution is 0.0956. The SMILES string of the molecule is Cc1nnc2sc(C(=O)NCc3ccc(S(=O)(=O)C(C)F)cc3)c(N)c2c1C. The van der Waals surface area contributed by atoms with Gasteiger partial charge in [0.1, 0.15) is 9.71 Å². The molecule has 0 fully saturated rings. The summed E-state index contributed by atoms with van der Waals surface area (Å²) in [5.74, 6) is -0.355. The predicted octanol–water partition coefficient (Wildman–Crippen LogP) is 2.91. The number of anilines is 1. The van der Waals surface area contributed by atoms with Crippen molar-refractivity contribution in [3.63, 3.8) is 0 Å². The number of nitrogens with zero attached hydrogens (tertiary/aromatic N) is 2. The summed E-state index contributed by atoms with van der Waals surface area (Å²) in [6, 6.07) is 5.70. The number of sulfone groups is 1. The largest absolute Gasteiger partial charge is 0.397 e. The number of benzene rings is 1. The molecule has 10 heteroatoms. The zero-order valence-corrected chi connectivity index (χ0v) is 17.1. The van der Waals surface area contributed by atoms with Gasteiger partial charge in [-0.15, -0.1) is 16.4 Å². The summed E-state index contributed by atoms with van der Waals surface area (Å²) in [4.78, 5) is 13.4. The van der Waals surface area contributed by atoms with E-state index < -0.39 is 15.3 Å². The Morgan fingerprint density at radius 1 is 1.25 bits per heavy atom. The number of hydrogen-bond donors (Lipinski definition) is 2. The molecule has 0 saturated heterocycles. The molecule has 0 aliphatic carbocycles. The molecule has 3 aromatic rings. The summed E-state index contributed by atoms with van der Waals surface area (Å²) >= 11 is 1.17.